The van der Waals surface area contributed by atoms with Gasteiger partial charge in [-0.3, -0.25) is 0 Å². The minimum atomic E-state index is -3.11. The van der Waals surface area contributed by atoms with Gasteiger partial charge in [0, 0.05) is 6.04 Å². The van der Waals surface area contributed by atoms with E-state index >= 15 is 0 Å². The van der Waals surface area contributed by atoms with Gasteiger partial charge in [0.05, 0.1) is 5.75 Å². The highest BCUT2D eigenvalue weighted by Crippen LogP contribution is 2.37. The second-order valence-electron chi connectivity index (χ2n) is 6.33. The molecule has 0 aromatic heterocycles. The molecule has 0 aromatic rings. The van der Waals surface area contributed by atoms with Crippen molar-refractivity contribution in [3.63, 3.8) is 0 Å². The van der Waals surface area contributed by atoms with E-state index in [0.29, 0.717) is 0 Å². The van der Waals surface area contributed by atoms with Crippen LogP contribution in [0.25, 0.3) is 0 Å². The first-order chi connectivity index (χ1) is 8.87. The lowest BCUT2D eigenvalue weighted by Crippen LogP contribution is -2.42. The number of rotatable bonds is 9. The molecule has 0 spiro atoms. The molecule has 0 amide bonds. The molecule has 1 atom stereocenters. The van der Waals surface area contributed by atoms with Crippen molar-refractivity contribution in [1.82, 2.24) is 10.0 Å². The lowest BCUT2D eigenvalue weighted by molar-refractivity contribution is 0.313. The van der Waals surface area contributed by atoms with Crippen LogP contribution in [0.15, 0.2) is 0 Å². The molecule has 0 bridgehead atoms. The van der Waals surface area contributed by atoms with Crippen LogP contribution in [0.5, 0.6) is 0 Å². The first-order valence-corrected chi connectivity index (χ1v) is 9.23. The third kappa shape index (κ3) is 6.23. The quantitative estimate of drug-likeness (QED) is 0.640. The van der Waals surface area contributed by atoms with Crippen LogP contribution in [0.1, 0.15) is 59.3 Å². The molecule has 0 aromatic carbocycles. The van der Waals surface area contributed by atoms with Crippen LogP contribution in [0.2, 0.25) is 0 Å². The van der Waals surface area contributed by atoms with Crippen molar-refractivity contribution in [1.29, 1.82) is 0 Å². The van der Waals surface area contributed by atoms with Gasteiger partial charge in [0.1, 0.15) is 0 Å². The lowest BCUT2D eigenvalue weighted by Gasteiger charge is -2.27. The predicted octanol–water partition coefficient (Wildman–Crippen LogP) is 2.26. The molecular weight excluding hydrogens is 260 g/mol. The van der Waals surface area contributed by atoms with Crippen molar-refractivity contribution in [3.05, 3.63) is 0 Å². The van der Waals surface area contributed by atoms with E-state index in [1.807, 2.05) is 0 Å². The zero-order valence-corrected chi connectivity index (χ0v) is 13.5. The molecule has 2 N–H and O–H groups in total. The van der Waals surface area contributed by atoms with Crippen molar-refractivity contribution in [3.8, 4) is 0 Å². The fraction of sp³-hybridized carbons (Fsp3) is 1.00. The maximum Gasteiger partial charge on any atom is 0.211 e. The molecule has 1 fully saturated rings. The summed E-state index contributed by atoms with van der Waals surface area (Å²) in [6.45, 7) is 8.37. The normalized spacial score (nSPS) is 22.8. The van der Waals surface area contributed by atoms with Gasteiger partial charge < -0.3 is 5.32 Å². The average Bonchev–Trinajstić information content (AvgIpc) is 2.62. The zero-order valence-electron chi connectivity index (χ0n) is 12.7. The minimum Gasteiger partial charge on any atom is -0.317 e. The first-order valence-electron chi connectivity index (χ1n) is 7.58. The monoisotopic (exact) mass is 290 g/mol. The molecule has 19 heavy (non-hydrogen) atoms. The molecule has 1 aliphatic rings. The fourth-order valence-corrected chi connectivity index (χ4v) is 4.24. The number of hydrogen-bond donors (Lipinski definition) is 2. The van der Waals surface area contributed by atoms with Gasteiger partial charge in [-0.15, -0.1) is 0 Å². The smallest absolute Gasteiger partial charge is 0.211 e. The Balaban J connectivity index is 2.24. The Hall–Kier alpha value is -0.130. The van der Waals surface area contributed by atoms with E-state index in [0.717, 1.165) is 51.6 Å². The predicted molar refractivity (Wildman–Crippen MR) is 80.7 cm³/mol. The molecule has 5 heteroatoms. The molecule has 1 saturated carbocycles. The molecule has 1 unspecified atom stereocenters. The molecule has 114 valence electrons. The zero-order chi connectivity index (χ0) is 14.4. The van der Waals surface area contributed by atoms with Crippen molar-refractivity contribution in [2.24, 2.45) is 5.41 Å². The highest BCUT2D eigenvalue weighted by molar-refractivity contribution is 7.89. The summed E-state index contributed by atoms with van der Waals surface area (Å²) in [5.74, 6) is 0.257. The van der Waals surface area contributed by atoms with E-state index < -0.39 is 10.0 Å². The second-order valence-corrected chi connectivity index (χ2v) is 8.20. The van der Waals surface area contributed by atoms with E-state index in [1.54, 1.807) is 0 Å². The van der Waals surface area contributed by atoms with E-state index in [1.165, 1.54) is 0 Å². The first kappa shape index (κ1) is 16.9. The highest BCUT2D eigenvalue weighted by atomic mass is 32.2. The van der Waals surface area contributed by atoms with Crippen LogP contribution in [0.3, 0.4) is 0 Å². The Morgan fingerprint density at radius 1 is 1.21 bits per heavy atom. The van der Waals surface area contributed by atoms with Crippen molar-refractivity contribution in [2.75, 3.05) is 18.8 Å². The van der Waals surface area contributed by atoms with Crippen molar-refractivity contribution < 1.29 is 8.42 Å². The van der Waals surface area contributed by atoms with E-state index in [9.17, 15) is 8.42 Å². The van der Waals surface area contributed by atoms with Crippen LogP contribution in [0.4, 0.5) is 0 Å². The Bertz CT molecular complexity index is 352. The van der Waals surface area contributed by atoms with Crippen molar-refractivity contribution in [2.45, 2.75) is 65.3 Å². The van der Waals surface area contributed by atoms with Crippen molar-refractivity contribution >= 4 is 10.0 Å². The Kier molecular flexibility index (Phi) is 6.77. The summed E-state index contributed by atoms with van der Waals surface area (Å²) in [5, 5.41) is 3.29. The summed E-state index contributed by atoms with van der Waals surface area (Å²) in [5.41, 5.74) is 0.107. The van der Waals surface area contributed by atoms with Crippen LogP contribution in [-0.4, -0.2) is 33.3 Å². The number of nitrogens with one attached hydrogen (secondary N) is 2. The Morgan fingerprint density at radius 3 is 2.53 bits per heavy atom. The van der Waals surface area contributed by atoms with Gasteiger partial charge in [0.2, 0.25) is 10.0 Å². The standard InChI is InChI=1S/C14H30N2O2S/c1-4-10-15-11-5-6-12-19(17,18)16-13-8-7-9-14(13,2)3/h13,15-16H,4-12H2,1-3H3. The van der Waals surface area contributed by atoms with E-state index in [-0.39, 0.29) is 17.2 Å². The summed E-state index contributed by atoms with van der Waals surface area (Å²) in [6.07, 6.45) is 6.00. The number of sulfonamides is 1. The molecular formula is C14H30N2O2S. The van der Waals surface area contributed by atoms with Crippen LogP contribution in [-0.2, 0) is 10.0 Å². The third-order valence-corrected chi connectivity index (χ3v) is 5.49. The van der Waals surface area contributed by atoms with E-state index in [4.69, 9.17) is 0 Å². The van der Waals surface area contributed by atoms with Gasteiger partial charge in [-0.1, -0.05) is 27.2 Å². The molecule has 0 saturated heterocycles. The van der Waals surface area contributed by atoms with Gasteiger partial charge in [0.15, 0.2) is 0 Å². The van der Waals surface area contributed by atoms with Gasteiger partial charge >= 0.3 is 0 Å². The van der Waals surface area contributed by atoms with Gasteiger partial charge in [-0.2, -0.15) is 0 Å². The van der Waals surface area contributed by atoms with E-state index in [2.05, 4.69) is 30.8 Å². The molecule has 1 aliphatic carbocycles. The number of unbranched alkanes of at least 4 members (excludes halogenated alkanes) is 1. The third-order valence-electron chi connectivity index (χ3n) is 4.02. The molecule has 4 nitrogen and oxygen atoms in total. The number of hydrogen-bond acceptors (Lipinski definition) is 3. The molecule has 0 radical (unpaired) electrons. The summed E-state index contributed by atoms with van der Waals surface area (Å²) >= 11 is 0. The van der Waals surface area contributed by atoms with Crippen LogP contribution >= 0.6 is 0 Å². The Morgan fingerprint density at radius 2 is 1.95 bits per heavy atom. The summed E-state index contributed by atoms with van der Waals surface area (Å²) in [7, 11) is -3.11. The Labute approximate surface area is 118 Å². The fourth-order valence-electron chi connectivity index (χ4n) is 2.66. The SMILES string of the molecule is CCCNCCCCS(=O)(=O)NC1CCCC1(C)C. The lowest BCUT2D eigenvalue weighted by atomic mass is 9.88. The summed E-state index contributed by atoms with van der Waals surface area (Å²) in [6, 6.07) is 0.121. The molecule has 0 aliphatic heterocycles. The van der Waals surface area contributed by atoms with Crippen LogP contribution < -0.4 is 10.0 Å². The van der Waals surface area contributed by atoms with Gasteiger partial charge in [-0.25, -0.2) is 13.1 Å². The summed E-state index contributed by atoms with van der Waals surface area (Å²) in [4.78, 5) is 0. The van der Waals surface area contributed by atoms with Crippen LogP contribution in [0, 0.1) is 5.41 Å². The largest absolute Gasteiger partial charge is 0.317 e. The minimum absolute atomic E-state index is 0.107. The maximum atomic E-state index is 12.0. The second kappa shape index (κ2) is 7.60. The molecule has 1 rings (SSSR count). The highest BCUT2D eigenvalue weighted by Gasteiger charge is 2.36. The topological polar surface area (TPSA) is 58.2 Å². The summed E-state index contributed by atoms with van der Waals surface area (Å²) < 4.78 is 27.0. The van der Waals surface area contributed by atoms with Gasteiger partial charge in [-0.05, 0) is 50.6 Å². The van der Waals surface area contributed by atoms with Gasteiger partial charge in [0.25, 0.3) is 0 Å². The molecule has 0 heterocycles. The average molecular weight is 290 g/mol. The maximum absolute atomic E-state index is 12.0.